The standard InChI is InChI=1S/C15H20ClNO3/c1-11-9-13(4-5-14(11)16)20-8-2-3-15(19)17-7-6-12(18)10-17/h4-5,9,12,18H,2-3,6-8,10H2,1H3/t12-/m1/s1. The zero-order valence-corrected chi connectivity index (χ0v) is 12.4. The van der Waals surface area contributed by atoms with Crippen LogP contribution in [0.25, 0.3) is 0 Å². The molecule has 1 saturated heterocycles. The van der Waals surface area contributed by atoms with Crippen molar-refractivity contribution < 1.29 is 14.6 Å². The van der Waals surface area contributed by atoms with Crippen LogP contribution < -0.4 is 4.74 Å². The number of carbonyl (C=O) groups excluding carboxylic acids is 1. The molecule has 1 amide bonds. The van der Waals surface area contributed by atoms with E-state index in [0.29, 0.717) is 39.0 Å². The third kappa shape index (κ3) is 4.12. The molecule has 1 atom stereocenters. The molecular formula is C15H20ClNO3. The van der Waals surface area contributed by atoms with Gasteiger partial charge in [0.25, 0.3) is 0 Å². The van der Waals surface area contributed by atoms with Gasteiger partial charge in [0.2, 0.25) is 5.91 Å². The fourth-order valence-electron chi connectivity index (χ4n) is 2.25. The van der Waals surface area contributed by atoms with Crippen LogP contribution in [-0.2, 0) is 4.79 Å². The van der Waals surface area contributed by atoms with Crippen LogP contribution in [-0.4, -0.2) is 41.7 Å². The molecule has 0 bridgehead atoms. The van der Waals surface area contributed by atoms with Crippen molar-refractivity contribution in [3.63, 3.8) is 0 Å². The van der Waals surface area contributed by atoms with Crippen LogP contribution in [0.3, 0.4) is 0 Å². The number of aliphatic hydroxyl groups excluding tert-OH is 1. The number of hydrogen-bond acceptors (Lipinski definition) is 3. The molecule has 5 heteroatoms. The van der Waals surface area contributed by atoms with Gasteiger partial charge in [-0.3, -0.25) is 4.79 Å². The van der Waals surface area contributed by atoms with Crippen LogP contribution in [0.2, 0.25) is 5.02 Å². The van der Waals surface area contributed by atoms with E-state index in [1.165, 1.54) is 0 Å². The van der Waals surface area contributed by atoms with Gasteiger partial charge in [0, 0.05) is 24.5 Å². The summed E-state index contributed by atoms with van der Waals surface area (Å²) in [6.07, 6.45) is 1.46. The van der Waals surface area contributed by atoms with Crippen molar-refractivity contribution in [3.8, 4) is 5.75 Å². The van der Waals surface area contributed by atoms with Crippen LogP contribution in [0.1, 0.15) is 24.8 Å². The largest absolute Gasteiger partial charge is 0.494 e. The summed E-state index contributed by atoms with van der Waals surface area (Å²) in [4.78, 5) is 13.6. The molecule has 0 radical (unpaired) electrons. The Bertz CT molecular complexity index is 478. The van der Waals surface area contributed by atoms with Crippen LogP contribution >= 0.6 is 11.6 Å². The first-order valence-corrected chi connectivity index (χ1v) is 7.29. The summed E-state index contributed by atoms with van der Waals surface area (Å²) in [5.41, 5.74) is 0.978. The summed E-state index contributed by atoms with van der Waals surface area (Å²) < 4.78 is 5.60. The number of halogens is 1. The summed E-state index contributed by atoms with van der Waals surface area (Å²) in [5.74, 6) is 0.869. The number of rotatable bonds is 5. The molecule has 1 aromatic rings. The minimum Gasteiger partial charge on any atom is -0.494 e. The average molecular weight is 298 g/mol. The maximum absolute atomic E-state index is 11.8. The number of nitrogens with zero attached hydrogens (tertiary/aromatic N) is 1. The average Bonchev–Trinajstić information content (AvgIpc) is 2.85. The minimum atomic E-state index is -0.354. The van der Waals surface area contributed by atoms with Gasteiger partial charge in [-0.2, -0.15) is 0 Å². The highest BCUT2D eigenvalue weighted by molar-refractivity contribution is 6.31. The van der Waals surface area contributed by atoms with E-state index < -0.39 is 0 Å². The number of hydrogen-bond donors (Lipinski definition) is 1. The van der Waals surface area contributed by atoms with E-state index in [9.17, 15) is 9.90 Å². The highest BCUT2D eigenvalue weighted by atomic mass is 35.5. The Balaban J connectivity index is 1.68. The lowest BCUT2D eigenvalue weighted by atomic mass is 10.2. The van der Waals surface area contributed by atoms with Crippen LogP contribution in [0.5, 0.6) is 5.75 Å². The lowest BCUT2D eigenvalue weighted by Crippen LogP contribution is -2.29. The topological polar surface area (TPSA) is 49.8 Å². The Kier molecular flexibility index (Phi) is 5.26. The van der Waals surface area contributed by atoms with Gasteiger partial charge in [0.1, 0.15) is 5.75 Å². The number of likely N-dealkylation sites (tertiary alicyclic amines) is 1. The smallest absolute Gasteiger partial charge is 0.222 e. The number of β-amino-alcohol motifs (C(OH)–C–C–N with tert-alkyl or cyclic N) is 1. The molecule has 20 heavy (non-hydrogen) atoms. The van der Waals surface area contributed by atoms with E-state index in [0.717, 1.165) is 16.3 Å². The number of carbonyl (C=O) groups is 1. The monoisotopic (exact) mass is 297 g/mol. The third-order valence-electron chi connectivity index (χ3n) is 3.45. The minimum absolute atomic E-state index is 0.0948. The van der Waals surface area contributed by atoms with Gasteiger partial charge in [-0.25, -0.2) is 0 Å². The van der Waals surface area contributed by atoms with Crippen LogP contribution in [0, 0.1) is 6.92 Å². The molecule has 0 aliphatic carbocycles. The third-order valence-corrected chi connectivity index (χ3v) is 3.87. The second kappa shape index (κ2) is 6.95. The van der Waals surface area contributed by atoms with Gasteiger partial charge >= 0.3 is 0 Å². The molecule has 1 N–H and O–H groups in total. The molecule has 2 rings (SSSR count). The highest BCUT2D eigenvalue weighted by Gasteiger charge is 2.23. The van der Waals surface area contributed by atoms with Gasteiger partial charge in [-0.15, -0.1) is 0 Å². The summed E-state index contributed by atoms with van der Waals surface area (Å²) in [7, 11) is 0. The molecule has 1 fully saturated rings. The molecule has 0 saturated carbocycles. The van der Waals surface area contributed by atoms with Crippen molar-refractivity contribution >= 4 is 17.5 Å². The summed E-state index contributed by atoms with van der Waals surface area (Å²) in [5, 5.41) is 10.1. The molecule has 4 nitrogen and oxygen atoms in total. The van der Waals surface area contributed by atoms with E-state index in [4.69, 9.17) is 16.3 Å². The van der Waals surface area contributed by atoms with Crippen molar-refractivity contribution in [1.82, 2.24) is 4.90 Å². The van der Waals surface area contributed by atoms with Gasteiger partial charge in [-0.1, -0.05) is 11.6 Å². The van der Waals surface area contributed by atoms with E-state index >= 15 is 0 Å². The van der Waals surface area contributed by atoms with Gasteiger partial charge in [-0.05, 0) is 43.5 Å². The number of ether oxygens (including phenoxy) is 1. The molecule has 0 aromatic heterocycles. The number of aliphatic hydroxyl groups is 1. The van der Waals surface area contributed by atoms with Gasteiger partial charge < -0.3 is 14.7 Å². The van der Waals surface area contributed by atoms with Crippen LogP contribution in [0.4, 0.5) is 0 Å². The molecule has 110 valence electrons. The summed E-state index contributed by atoms with van der Waals surface area (Å²) in [6, 6.07) is 5.53. The van der Waals surface area contributed by atoms with Gasteiger partial charge in [0.15, 0.2) is 0 Å². The molecule has 0 unspecified atom stereocenters. The Morgan fingerprint density at radius 2 is 2.35 bits per heavy atom. The van der Waals surface area contributed by atoms with Crippen molar-refractivity contribution in [2.75, 3.05) is 19.7 Å². The zero-order chi connectivity index (χ0) is 14.5. The van der Waals surface area contributed by atoms with E-state index in [2.05, 4.69) is 0 Å². The molecule has 1 heterocycles. The molecule has 1 aromatic carbocycles. The molecule has 0 spiro atoms. The van der Waals surface area contributed by atoms with Crippen molar-refractivity contribution in [1.29, 1.82) is 0 Å². The molecular weight excluding hydrogens is 278 g/mol. The first-order valence-electron chi connectivity index (χ1n) is 6.91. The second-order valence-corrected chi connectivity index (χ2v) is 5.55. The molecule has 1 aliphatic heterocycles. The maximum atomic E-state index is 11.8. The molecule has 1 aliphatic rings. The number of amides is 1. The number of aryl methyl sites for hydroxylation is 1. The Morgan fingerprint density at radius 1 is 1.55 bits per heavy atom. The number of benzene rings is 1. The Hall–Kier alpha value is -1.26. The van der Waals surface area contributed by atoms with Crippen molar-refractivity contribution in [2.45, 2.75) is 32.3 Å². The highest BCUT2D eigenvalue weighted by Crippen LogP contribution is 2.21. The fourth-order valence-corrected chi connectivity index (χ4v) is 2.36. The SMILES string of the molecule is Cc1cc(OCCCC(=O)N2CC[C@@H](O)C2)ccc1Cl. The Morgan fingerprint density at radius 3 is 3.00 bits per heavy atom. The normalized spacial score (nSPS) is 18.4. The van der Waals surface area contributed by atoms with Gasteiger partial charge in [0.05, 0.1) is 12.7 Å². The van der Waals surface area contributed by atoms with E-state index in [1.807, 2.05) is 25.1 Å². The fraction of sp³-hybridized carbons (Fsp3) is 0.533. The first-order chi connectivity index (χ1) is 9.56. The second-order valence-electron chi connectivity index (χ2n) is 5.15. The maximum Gasteiger partial charge on any atom is 0.222 e. The first kappa shape index (κ1) is 15.1. The lowest BCUT2D eigenvalue weighted by Gasteiger charge is -2.15. The summed E-state index contributed by atoms with van der Waals surface area (Å²) >= 11 is 5.94. The van der Waals surface area contributed by atoms with E-state index in [1.54, 1.807) is 4.90 Å². The Labute approximate surface area is 124 Å². The zero-order valence-electron chi connectivity index (χ0n) is 11.6. The lowest BCUT2D eigenvalue weighted by molar-refractivity contribution is -0.130. The van der Waals surface area contributed by atoms with Crippen molar-refractivity contribution in [3.05, 3.63) is 28.8 Å². The predicted octanol–water partition coefficient (Wildman–Crippen LogP) is 2.40. The van der Waals surface area contributed by atoms with Crippen LogP contribution in [0.15, 0.2) is 18.2 Å². The predicted molar refractivity (Wildman–Crippen MR) is 78.1 cm³/mol. The van der Waals surface area contributed by atoms with E-state index in [-0.39, 0.29) is 12.0 Å². The van der Waals surface area contributed by atoms with Crippen molar-refractivity contribution in [2.24, 2.45) is 0 Å². The quantitative estimate of drug-likeness (QED) is 0.849. The summed E-state index contributed by atoms with van der Waals surface area (Å²) in [6.45, 7) is 3.56.